The number of hydrogen-bond acceptors (Lipinski definition) is 10. The molecule has 0 rings (SSSR count). The second kappa shape index (κ2) is 31.9. The first-order valence-corrected chi connectivity index (χ1v) is 14.9. The van der Waals surface area contributed by atoms with Gasteiger partial charge in [0.1, 0.15) is 0 Å². The maximum atomic E-state index is 11.6. The summed E-state index contributed by atoms with van der Waals surface area (Å²) in [6.45, 7) is 8.92. The number of aliphatic hydroxyl groups is 2. The van der Waals surface area contributed by atoms with Crippen molar-refractivity contribution >= 4 is 61.5 Å². The summed E-state index contributed by atoms with van der Waals surface area (Å²) in [4.78, 5) is 39.9. The summed E-state index contributed by atoms with van der Waals surface area (Å²) in [5.74, 6) is -2.40. The standard InChI is InChI=1S/2C15H28N2O4.Ca/c2*1-3-4-5-6-7-8-14(19)16-12-17(11-13(2)18)10-9-15(20)21;/h2*6-7,13,18H,3-5,8-12H2,1-2H3,(H,16,19)(H,20,21);/q;;+2/p-2/b2*7-6+;. The van der Waals surface area contributed by atoms with Crippen LogP contribution in [0.1, 0.15) is 91.9 Å². The Morgan fingerprint density at radius 2 is 1.35 bits per heavy atom. The van der Waals surface area contributed by atoms with Crippen molar-refractivity contribution in [1.29, 1.82) is 0 Å². The fourth-order valence-electron chi connectivity index (χ4n) is 3.47. The number of allylic oxidation sites excluding steroid dienone is 2. The van der Waals surface area contributed by atoms with Gasteiger partial charge >= 0.3 is 43.7 Å². The number of hydrogen-bond donors (Lipinski definition) is 4. The molecule has 0 fully saturated rings. The van der Waals surface area contributed by atoms with Crippen LogP contribution in [0.5, 0.6) is 0 Å². The number of amides is 1. The van der Waals surface area contributed by atoms with Crippen molar-refractivity contribution in [3.05, 3.63) is 24.3 Å². The predicted octanol–water partition coefficient (Wildman–Crippen LogP) is 0.635. The summed E-state index contributed by atoms with van der Waals surface area (Å²) in [5.41, 5.74) is 0. The zero-order chi connectivity index (χ0) is 32.2. The van der Waals surface area contributed by atoms with Gasteiger partial charge in [-0.3, -0.25) is 24.4 Å². The fourth-order valence-corrected chi connectivity index (χ4v) is 3.47. The van der Waals surface area contributed by atoms with Gasteiger partial charge in [-0.2, -0.15) is 0 Å². The quantitative estimate of drug-likeness (QED) is 0.0292. The Balaban J connectivity index is -0.000000727. The van der Waals surface area contributed by atoms with Crippen LogP contribution in [-0.2, 0) is 14.4 Å². The largest absolute Gasteiger partial charge is 2.00 e. The summed E-state index contributed by atoms with van der Waals surface area (Å²) in [7, 11) is 0. The van der Waals surface area contributed by atoms with Gasteiger partial charge in [0.2, 0.25) is 5.91 Å². The molecule has 0 radical (unpaired) electrons. The number of nitrogens with one attached hydrogen (secondary N) is 1. The van der Waals surface area contributed by atoms with Gasteiger partial charge in [-0.05, 0) is 45.4 Å². The molecule has 0 heterocycles. The van der Waals surface area contributed by atoms with E-state index in [-0.39, 0.29) is 95.2 Å². The Kier molecular flexibility index (Phi) is 34.0. The zero-order valence-electron chi connectivity index (χ0n) is 26.7. The number of carboxylic acid groups (broad SMARTS) is 2. The van der Waals surface area contributed by atoms with Crippen LogP contribution in [0.3, 0.4) is 0 Å². The van der Waals surface area contributed by atoms with E-state index in [1.807, 2.05) is 24.3 Å². The molecule has 12 nitrogen and oxygen atoms in total. The topological polar surface area (TPSA) is 189 Å². The van der Waals surface area contributed by atoms with Crippen molar-refractivity contribution in [2.24, 2.45) is 4.99 Å². The molecule has 0 aliphatic heterocycles. The van der Waals surface area contributed by atoms with Gasteiger partial charge in [-0.1, -0.05) is 63.8 Å². The summed E-state index contributed by atoms with van der Waals surface area (Å²) < 4.78 is 0. The van der Waals surface area contributed by atoms with E-state index in [2.05, 4.69) is 24.2 Å². The van der Waals surface area contributed by atoms with E-state index in [0.717, 1.165) is 38.5 Å². The molecule has 0 spiro atoms. The molecule has 2 atom stereocenters. The number of aliphatic carboxylic acids is 2. The molecule has 4 N–H and O–H groups in total. The maximum Gasteiger partial charge on any atom is 2.00 e. The van der Waals surface area contributed by atoms with Crippen LogP contribution in [0.2, 0.25) is 0 Å². The average Bonchev–Trinajstić information content (AvgIpc) is 2.91. The minimum Gasteiger partial charge on any atom is -0.862 e. The van der Waals surface area contributed by atoms with Crippen LogP contribution in [0.25, 0.3) is 0 Å². The van der Waals surface area contributed by atoms with E-state index in [0.29, 0.717) is 19.5 Å². The number of aliphatic imine (C=N–C) groups is 1. The van der Waals surface area contributed by atoms with E-state index in [1.165, 1.54) is 0 Å². The van der Waals surface area contributed by atoms with E-state index in [1.54, 1.807) is 23.6 Å². The first-order valence-electron chi connectivity index (χ1n) is 14.9. The Hall–Kier alpha value is -1.54. The third kappa shape index (κ3) is 36.6. The number of carboxylic acids is 2. The van der Waals surface area contributed by atoms with Crippen LogP contribution < -0.4 is 15.5 Å². The molecule has 13 heteroatoms. The van der Waals surface area contributed by atoms with E-state index >= 15 is 0 Å². The molecule has 2 unspecified atom stereocenters. The molecular formula is C30H54CaN4O8. The number of carbonyl (C=O) groups excluding carboxylic acids is 2. The van der Waals surface area contributed by atoms with Crippen molar-refractivity contribution in [3.63, 3.8) is 0 Å². The van der Waals surface area contributed by atoms with E-state index < -0.39 is 24.1 Å². The van der Waals surface area contributed by atoms with Crippen LogP contribution in [-0.4, -0.2) is 138 Å². The molecule has 0 aromatic carbocycles. The van der Waals surface area contributed by atoms with Gasteiger partial charge in [0, 0.05) is 38.6 Å². The summed E-state index contributed by atoms with van der Waals surface area (Å²) in [6.07, 6.45) is 13.3. The normalized spacial score (nSPS) is 13.1. The van der Waals surface area contributed by atoms with E-state index in [4.69, 9.17) is 5.11 Å². The van der Waals surface area contributed by atoms with Gasteiger partial charge in [0.05, 0.1) is 32.0 Å². The monoisotopic (exact) mass is 638 g/mol. The zero-order valence-corrected chi connectivity index (χ0v) is 28.9. The minimum atomic E-state index is -1.16. The number of unbranched alkanes of at least 4 members (excludes halogenated alkanes) is 4. The molecule has 0 aliphatic carbocycles. The Morgan fingerprint density at radius 3 is 1.84 bits per heavy atom. The number of rotatable bonds is 24. The summed E-state index contributed by atoms with van der Waals surface area (Å²) in [5, 5.41) is 52.1. The van der Waals surface area contributed by atoms with Gasteiger partial charge in [-0.25, -0.2) is 0 Å². The smallest absolute Gasteiger partial charge is 0.862 e. The van der Waals surface area contributed by atoms with Crippen molar-refractivity contribution in [1.82, 2.24) is 15.1 Å². The van der Waals surface area contributed by atoms with Gasteiger partial charge in [0.25, 0.3) is 0 Å². The Bertz CT molecular complexity index is 807. The average molecular weight is 639 g/mol. The molecule has 0 aromatic heterocycles. The molecule has 244 valence electrons. The second-order valence-corrected chi connectivity index (χ2v) is 10.2. The molecule has 0 bridgehead atoms. The van der Waals surface area contributed by atoms with Crippen molar-refractivity contribution in [3.8, 4) is 0 Å². The van der Waals surface area contributed by atoms with Gasteiger partial charge in [-0.15, -0.1) is 0 Å². The van der Waals surface area contributed by atoms with Crippen molar-refractivity contribution < 1.29 is 39.9 Å². The molecular weight excluding hydrogens is 584 g/mol. The molecule has 0 aromatic rings. The molecule has 1 amide bonds. The van der Waals surface area contributed by atoms with Gasteiger partial charge < -0.3 is 35.6 Å². The van der Waals surface area contributed by atoms with Crippen LogP contribution in [0.4, 0.5) is 0 Å². The second-order valence-electron chi connectivity index (χ2n) is 10.2. The summed E-state index contributed by atoms with van der Waals surface area (Å²) in [6, 6.07) is 0. The third-order valence-electron chi connectivity index (χ3n) is 5.64. The van der Waals surface area contributed by atoms with Crippen molar-refractivity contribution in [2.45, 2.75) is 104 Å². The van der Waals surface area contributed by atoms with Crippen LogP contribution in [0, 0.1) is 0 Å². The number of aliphatic hydroxyl groups excluding tert-OH is 2. The maximum absolute atomic E-state index is 11.6. The predicted molar refractivity (Wildman–Crippen MR) is 166 cm³/mol. The molecule has 0 saturated heterocycles. The first kappa shape index (κ1) is 45.9. The van der Waals surface area contributed by atoms with Crippen molar-refractivity contribution in [2.75, 3.05) is 39.5 Å². The van der Waals surface area contributed by atoms with E-state index in [9.17, 15) is 34.8 Å². The number of carbonyl (C=O) groups is 3. The molecule has 43 heavy (non-hydrogen) atoms. The molecule has 0 saturated carbocycles. The Morgan fingerprint density at radius 1 is 0.837 bits per heavy atom. The van der Waals surface area contributed by atoms with Crippen LogP contribution >= 0.6 is 0 Å². The fraction of sp³-hybridized carbons (Fsp3) is 0.733. The third-order valence-corrected chi connectivity index (χ3v) is 5.64. The molecule has 0 aliphatic rings. The number of nitrogens with zero attached hydrogens (tertiary/aromatic N) is 3. The van der Waals surface area contributed by atoms with Gasteiger partial charge in [0.15, 0.2) is 0 Å². The minimum absolute atomic E-state index is 0. The first-order chi connectivity index (χ1) is 19.9. The SMILES string of the molecule is CCCC/C=C/CC(=O)NCN(CCC(=O)O)CC(C)O.CCCC/C=C/CC([O-])=NCN(CCC(=O)[O-])CC(C)O.[Ca+2]. The summed E-state index contributed by atoms with van der Waals surface area (Å²) >= 11 is 0. The van der Waals surface area contributed by atoms with Crippen LogP contribution in [0.15, 0.2) is 29.3 Å². The Labute approximate surface area is 287 Å².